The average molecular weight is 405 g/mol. The molecule has 152 valence electrons. The van der Waals surface area contributed by atoms with Crippen LogP contribution < -0.4 is 10.0 Å². The number of hydrogen-bond acceptors (Lipinski definition) is 4. The zero-order valence-corrected chi connectivity index (χ0v) is 17.5. The number of carbonyl (C=O) groups is 2. The fourth-order valence-corrected chi connectivity index (χ4v) is 4.47. The lowest BCUT2D eigenvalue weighted by Crippen LogP contribution is -2.53. The Hall–Kier alpha value is -2.25. The summed E-state index contributed by atoms with van der Waals surface area (Å²) in [6.45, 7) is 7.33. The van der Waals surface area contributed by atoms with Crippen LogP contribution in [0.4, 0.5) is 0 Å². The van der Waals surface area contributed by atoms with Gasteiger partial charge < -0.3 is 10.1 Å². The Bertz CT molecular complexity index is 935. The van der Waals surface area contributed by atoms with Gasteiger partial charge in [0.25, 0.3) is 0 Å². The van der Waals surface area contributed by atoms with E-state index in [9.17, 15) is 18.0 Å². The standard InChI is InChI=1S/C21H28N2O4S/c1-5-15(4)20(21(25)22-18(13-24)14(2)3)23-28(26,27)19-12-8-10-16-9-6-7-11-17(16)19/h6-15,18,20,23H,5H2,1-4H3,(H,22,25)/t15-,18+,20-/m0/s1. The maximum absolute atomic E-state index is 13.1. The van der Waals surface area contributed by atoms with Crippen LogP contribution in [0.3, 0.4) is 0 Å². The van der Waals surface area contributed by atoms with Crippen LogP contribution in [-0.4, -0.2) is 32.7 Å². The number of rotatable bonds is 9. The highest BCUT2D eigenvalue weighted by atomic mass is 32.2. The predicted octanol–water partition coefficient (Wildman–Crippen LogP) is 2.87. The van der Waals surface area contributed by atoms with Crippen LogP contribution in [-0.2, 0) is 19.6 Å². The zero-order valence-electron chi connectivity index (χ0n) is 16.7. The number of benzene rings is 2. The lowest BCUT2D eigenvalue weighted by atomic mass is 9.98. The summed E-state index contributed by atoms with van der Waals surface area (Å²) >= 11 is 0. The molecule has 0 unspecified atom stereocenters. The lowest BCUT2D eigenvalue weighted by Gasteiger charge is -2.26. The highest BCUT2D eigenvalue weighted by Gasteiger charge is 2.31. The molecule has 0 aliphatic carbocycles. The number of sulfonamides is 1. The van der Waals surface area contributed by atoms with E-state index >= 15 is 0 Å². The molecule has 0 aliphatic rings. The van der Waals surface area contributed by atoms with Crippen LogP contribution in [0.15, 0.2) is 47.4 Å². The van der Waals surface area contributed by atoms with Gasteiger partial charge in [0.2, 0.25) is 15.9 Å². The van der Waals surface area contributed by atoms with E-state index in [2.05, 4.69) is 10.0 Å². The zero-order chi connectivity index (χ0) is 20.9. The van der Waals surface area contributed by atoms with E-state index in [-0.39, 0.29) is 16.7 Å². The normalized spacial score (nSPS) is 15.2. The summed E-state index contributed by atoms with van der Waals surface area (Å²) < 4.78 is 28.8. The van der Waals surface area contributed by atoms with E-state index in [4.69, 9.17) is 0 Å². The predicted molar refractivity (Wildman–Crippen MR) is 110 cm³/mol. The van der Waals surface area contributed by atoms with E-state index < -0.39 is 28.0 Å². The van der Waals surface area contributed by atoms with Gasteiger partial charge in [-0.2, -0.15) is 4.72 Å². The van der Waals surface area contributed by atoms with Gasteiger partial charge in [0, 0.05) is 5.39 Å². The second kappa shape index (κ2) is 9.30. The van der Waals surface area contributed by atoms with E-state index in [0.29, 0.717) is 18.1 Å². The van der Waals surface area contributed by atoms with Crippen LogP contribution in [0, 0.1) is 11.8 Å². The summed E-state index contributed by atoms with van der Waals surface area (Å²) in [5, 5.41) is 4.05. The molecule has 0 radical (unpaired) electrons. The molecule has 0 aromatic heterocycles. The molecule has 0 saturated carbocycles. The van der Waals surface area contributed by atoms with Crippen molar-refractivity contribution in [1.29, 1.82) is 0 Å². The smallest absolute Gasteiger partial charge is 0.241 e. The van der Waals surface area contributed by atoms with Crippen molar-refractivity contribution in [2.45, 2.75) is 51.1 Å². The van der Waals surface area contributed by atoms with E-state index in [1.54, 1.807) is 25.1 Å². The van der Waals surface area contributed by atoms with Crippen LogP contribution in [0.5, 0.6) is 0 Å². The molecule has 0 spiro atoms. The Morgan fingerprint density at radius 2 is 1.71 bits per heavy atom. The fourth-order valence-electron chi connectivity index (χ4n) is 2.94. The summed E-state index contributed by atoms with van der Waals surface area (Å²) in [7, 11) is -3.95. The van der Waals surface area contributed by atoms with Crippen molar-refractivity contribution in [2.75, 3.05) is 0 Å². The topological polar surface area (TPSA) is 92.3 Å². The quantitative estimate of drug-likeness (QED) is 0.629. The van der Waals surface area contributed by atoms with Gasteiger partial charge in [-0.15, -0.1) is 0 Å². The first-order valence-corrected chi connectivity index (χ1v) is 10.9. The Balaban J connectivity index is 2.37. The minimum Gasteiger partial charge on any atom is -0.345 e. The second-order valence-corrected chi connectivity index (χ2v) is 9.06. The molecule has 7 heteroatoms. The molecule has 28 heavy (non-hydrogen) atoms. The number of nitrogens with one attached hydrogen (secondary N) is 2. The molecule has 2 rings (SSSR count). The largest absolute Gasteiger partial charge is 0.345 e. The molecule has 0 heterocycles. The third kappa shape index (κ3) is 4.97. The van der Waals surface area contributed by atoms with E-state index in [1.165, 1.54) is 6.07 Å². The van der Waals surface area contributed by atoms with Crippen molar-refractivity contribution in [3.63, 3.8) is 0 Å². The second-order valence-electron chi connectivity index (χ2n) is 7.38. The van der Waals surface area contributed by atoms with Crippen molar-refractivity contribution < 1.29 is 18.0 Å². The van der Waals surface area contributed by atoms with E-state index in [0.717, 1.165) is 5.39 Å². The summed E-state index contributed by atoms with van der Waals surface area (Å²) in [5.74, 6) is -0.832. The van der Waals surface area contributed by atoms with Gasteiger partial charge in [-0.3, -0.25) is 4.79 Å². The first kappa shape index (κ1) is 22.0. The molecule has 0 fully saturated rings. The molecular weight excluding hydrogens is 376 g/mol. The minimum atomic E-state index is -3.95. The SMILES string of the molecule is CC[C@H](C)[C@H](NS(=O)(=O)c1cccc2ccccc12)C(=O)N[C@H](C=O)C(C)C. The maximum Gasteiger partial charge on any atom is 0.241 e. The van der Waals surface area contributed by atoms with Gasteiger partial charge in [0.1, 0.15) is 12.3 Å². The van der Waals surface area contributed by atoms with Gasteiger partial charge >= 0.3 is 0 Å². The fraction of sp³-hybridized carbons (Fsp3) is 0.429. The van der Waals surface area contributed by atoms with E-state index in [1.807, 2.05) is 39.0 Å². The van der Waals surface area contributed by atoms with Crippen molar-refractivity contribution in [3.05, 3.63) is 42.5 Å². The van der Waals surface area contributed by atoms with Crippen LogP contribution >= 0.6 is 0 Å². The van der Waals surface area contributed by atoms with Crippen LogP contribution in [0.1, 0.15) is 34.1 Å². The first-order valence-electron chi connectivity index (χ1n) is 9.47. The highest BCUT2D eigenvalue weighted by molar-refractivity contribution is 7.89. The molecular formula is C21H28N2O4S. The molecule has 2 aromatic rings. The third-order valence-electron chi connectivity index (χ3n) is 4.99. The van der Waals surface area contributed by atoms with Gasteiger partial charge in [-0.1, -0.05) is 70.5 Å². The van der Waals surface area contributed by atoms with Crippen molar-refractivity contribution in [2.24, 2.45) is 11.8 Å². The molecule has 1 amide bonds. The van der Waals surface area contributed by atoms with Crippen molar-refractivity contribution in [1.82, 2.24) is 10.0 Å². The van der Waals surface area contributed by atoms with Crippen LogP contribution in [0.2, 0.25) is 0 Å². The highest BCUT2D eigenvalue weighted by Crippen LogP contribution is 2.23. The molecule has 2 aromatic carbocycles. The minimum absolute atomic E-state index is 0.0892. The average Bonchev–Trinajstić information content (AvgIpc) is 2.68. The Kier molecular flexibility index (Phi) is 7.32. The summed E-state index contributed by atoms with van der Waals surface area (Å²) in [5.41, 5.74) is 0. The third-order valence-corrected chi connectivity index (χ3v) is 6.49. The number of aldehydes is 1. The molecule has 0 saturated heterocycles. The molecule has 6 nitrogen and oxygen atoms in total. The Morgan fingerprint density at radius 1 is 1.07 bits per heavy atom. The number of fused-ring (bicyclic) bond motifs is 1. The first-order chi connectivity index (χ1) is 13.2. The molecule has 0 aliphatic heterocycles. The van der Waals surface area contributed by atoms with Crippen molar-refractivity contribution >= 4 is 33.0 Å². The number of carbonyl (C=O) groups excluding carboxylic acids is 2. The van der Waals surface area contributed by atoms with Gasteiger partial charge in [0.15, 0.2) is 0 Å². The van der Waals surface area contributed by atoms with Crippen molar-refractivity contribution in [3.8, 4) is 0 Å². The molecule has 2 N–H and O–H groups in total. The number of hydrogen-bond donors (Lipinski definition) is 2. The summed E-state index contributed by atoms with van der Waals surface area (Å²) in [4.78, 5) is 24.2. The molecule has 3 atom stereocenters. The lowest BCUT2D eigenvalue weighted by molar-refractivity contribution is -0.127. The Morgan fingerprint density at radius 3 is 2.32 bits per heavy atom. The van der Waals surface area contributed by atoms with Crippen LogP contribution in [0.25, 0.3) is 10.8 Å². The number of amides is 1. The Labute approximate surface area is 166 Å². The summed E-state index contributed by atoms with van der Waals surface area (Å²) in [6.07, 6.45) is 1.28. The van der Waals surface area contributed by atoms with Gasteiger partial charge in [-0.05, 0) is 23.3 Å². The maximum atomic E-state index is 13.1. The molecule has 0 bridgehead atoms. The van der Waals surface area contributed by atoms with Gasteiger partial charge in [-0.25, -0.2) is 8.42 Å². The summed E-state index contributed by atoms with van der Waals surface area (Å²) in [6, 6.07) is 10.6. The monoisotopic (exact) mass is 404 g/mol. The van der Waals surface area contributed by atoms with Gasteiger partial charge in [0.05, 0.1) is 10.9 Å².